The highest BCUT2D eigenvalue weighted by Gasteiger charge is 2.21. The van der Waals surface area contributed by atoms with E-state index in [0.29, 0.717) is 22.2 Å². The monoisotopic (exact) mass is 526 g/mol. The van der Waals surface area contributed by atoms with Crippen LogP contribution in [0.4, 0.5) is 4.79 Å². The molecule has 0 aliphatic carbocycles. The van der Waals surface area contributed by atoms with Crippen molar-refractivity contribution in [1.29, 1.82) is 0 Å². The number of alkyl carbamates (subject to hydrolysis) is 1. The van der Waals surface area contributed by atoms with Crippen LogP contribution in [0.2, 0.25) is 10.0 Å². The fourth-order valence-electron chi connectivity index (χ4n) is 3.81. The Hall–Kier alpha value is -3.29. The predicted octanol–water partition coefficient (Wildman–Crippen LogP) is 6.75. The number of benzene rings is 2. The van der Waals surface area contributed by atoms with E-state index in [4.69, 9.17) is 32.7 Å². The summed E-state index contributed by atoms with van der Waals surface area (Å²) in [5.41, 5.74) is 4.07. The average Bonchev–Trinajstić information content (AvgIpc) is 3.16. The summed E-state index contributed by atoms with van der Waals surface area (Å²) < 4.78 is 11.5. The van der Waals surface area contributed by atoms with Gasteiger partial charge in [-0.05, 0) is 81.6 Å². The molecule has 0 radical (unpaired) electrons. The Bertz CT molecular complexity index is 1360. The van der Waals surface area contributed by atoms with Gasteiger partial charge in [0.2, 0.25) is 0 Å². The maximum Gasteiger partial charge on any atom is 0.408 e. The van der Waals surface area contributed by atoms with Crippen molar-refractivity contribution < 1.29 is 14.3 Å². The molecule has 2 N–H and O–H groups in total. The average molecular weight is 527 g/mol. The molecular weight excluding hydrogens is 499 g/mol. The third-order valence-electron chi connectivity index (χ3n) is 5.37. The van der Waals surface area contributed by atoms with Crippen molar-refractivity contribution in [3.05, 3.63) is 76.2 Å². The molecule has 0 fully saturated rings. The van der Waals surface area contributed by atoms with Crippen LogP contribution in [0.5, 0.6) is 5.75 Å². The van der Waals surface area contributed by atoms with Crippen LogP contribution in [-0.2, 0) is 11.2 Å². The number of H-pyrrole nitrogens is 1. The Morgan fingerprint density at radius 2 is 1.81 bits per heavy atom. The van der Waals surface area contributed by atoms with E-state index in [-0.39, 0.29) is 6.61 Å². The number of hydrogen-bond donors (Lipinski definition) is 2. The Labute approximate surface area is 220 Å². The summed E-state index contributed by atoms with van der Waals surface area (Å²) >= 11 is 12.3. The van der Waals surface area contributed by atoms with Crippen molar-refractivity contribution in [3.63, 3.8) is 0 Å². The highest BCUT2D eigenvalue weighted by Crippen LogP contribution is 2.27. The second-order valence-corrected chi connectivity index (χ2v) is 10.5. The maximum absolute atomic E-state index is 12.5. The molecule has 0 saturated carbocycles. The molecule has 36 heavy (non-hydrogen) atoms. The molecule has 1 amide bonds. The van der Waals surface area contributed by atoms with E-state index >= 15 is 0 Å². The number of halogens is 2. The molecule has 0 aliphatic rings. The van der Waals surface area contributed by atoms with E-state index in [0.717, 1.165) is 33.3 Å². The van der Waals surface area contributed by atoms with E-state index < -0.39 is 17.7 Å². The minimum Gasteiger partial charge on any atom is -0.490 e. The number of pyridine rings is 1. The molecule has 9 heteroatoms. The number of carbonyl (C=O) groups excluding carboxylic acids is 1. The summed E-state index contributed by atoms with van der Waals surface area (Å²) in [5.74, 6) is 0.580. The zero-order chi connectivity index (χ0) is 25.9. The standard InChI is InChI=1S/C27H28Cl2N4O3/c1-16-24-11-18(5-6-25(24)33-32-16)19-10-23(14-30-13-19)35-15-22(31-26(34)36-27(2,3)4)9-17-7-20(28)12-21(29)8-17/h5-8,10-14,22H,9,15H2,1-4H3,(H,31,34)(H,32,33)/t22-/m0/s1. The Morgan fingerprint density at radius 1 is 1.06 bits per heavy atom. The van der Waals surface area contributed by atoms with Gasteiger partial charge in [-0.15, -0.1) is 0 Å². The van der Waals surface area contributed by atoms with Crippen molar-refractivity contribution in [2.45, 2.75) is 45.8 Å². The molecule has 2 aromatic heterocycles. The van der Waals surface area contributed by atoms with E-state index in [1.165, 1.54) is 0 Å². The van der Waals surface area contributed by atoms with Gasteiger partial charge in [-0.1, -0.05) is 29.3 Å². The molecule has 0 unspecified atom stereocenters. The first-order valence-electron chi connectivity index (χ1n) is 11.5. The first-order chi connectivity index (χ1) is 17.1. The zero-order valence-electron chi connectivity index (χ0n) is 20.6. The molecule has 1 atom stereocenters. The molecule has 0 bridgehead atoms. The molecular formula is C27H28Cl2N4O3. The van der Waals surface area contributed by atoms with E-state index in [9.17, 15) is 4.79 Å². The number of aryl methyl sites for hydroxylation is 1. The van der Waals surface area contributed by atoms with Gasteiger partial charge >= 0.3 is 6.09 Å². The number of rotatable bonds is 7. The van der Waals surface area contributed by atoms with Gasteiger partial charge in [0.1, 0.15) is 18.0 Å². The highest BCUT2D eigenvalue weighted by molar-refractivity contribution is 6.34. The Morgan fingerprint density at radius 3 is 2.53 bits per heavy atom. The predicted molar refractivity (Wildman–Crippen MR) is 143 cm³/mol. The number of carbonyl (C=O) groups is 1. The third kappa shape index (κ3) is 6.89. The van der Waals surface area contributed by atoms with Gasteiger partial charge in [0.05, 0.1) is 17.8 Å². The molecule has 4 aromatic rings. The van der Waals surface area contributed by atoms with Gasteiger partial charge in [-0.2, -0.15) is 5.10 Å². The van der Waals surface area contributed by atoms with Gasteiger partial charge in [0.25, 0.3) is 0 Å². The molecule has 2 aromatic carbocycles. The van der Waals surface area contributed by atoms with Gasteiger partial charge in [0, 0.05) is 32.9 Å². The van der Waals surface area contributed by atoms with Crippen molar-refractivity contribution in [3.8, 4) is 16.9 Å². The summed E-state index contributed by atoms with van der Waals surface area (Å²) in [6.45, 7) is 7.62. The number of fused-ring (bicyclic) bond motifs is 1. The summed E-state index contributed by atoms with van der Waals surface area (Å²) in [7, 11) is 0. The van der Waals surface area contributed by atoms with Crippen molar-refractivity contribution in [2.75, 3.05) is 6.61 Å². The Balaban J connectivity index is 1.51. The van der Waals surface area contributed by atoms with Crippen LogP contribution in [0.15, 0.2) is 54.9 Å². The van der Waals surface area contributed by atoms with Gasteiger partial charge in [-0.3, -0.25) is 10.1 Å². The normalized spacial score (nSPS) is 12.4. The quantitative estimate of drug-likeness (QED) is 0.277. The lowest BCUT2D eigenvalue weighted by Gasteiger charge is -2.24. The molecule has 4 rings (SSSR count). The molecule has 0 saturated heterocycles. The van der Waals surface area contributed by atoms with Gasteiger partial charge in [0.15, 0.2) is 0 Å². The molecule has 2 heterocycles. The fourth-order valence-corrected chi connectivity index (χ4v) is 4.38. The van der Waals surface area contributed by atoms with Gasteiger partial charge < -0.3 is 14.8 Å². The largest absolute Gasteiger partial charge is 0.490 e. The SMILES string of the molecule is Cc1[nH]nc2ccc(-c3cncc(OC[C@H](Cc4cc(Cl)cc(Cl)c4)NC(=O)OC(C)(C)C)c3)cc12. The number of hydrogen-bond acceptors (Lipinski definition) is 5. The summed E-state index contributed by atoms with van der Waals surface area (Å²) in [5, 5.41) is 12.3. The molecule has 188 valence electrons. The van der Waals surface area contributed by atoms with Crippen LogP contribution in [0, 0.1) is 6.92 Å². The van der Waals surface area contributed by atoms with E-state index in [2.05, 4.69) is 26.6 Å². The summed E-state index contributed by atoms with van der Waals surface area (Å²) in [6.07, 6.45) is 3.35. The topological polar surface area (TPSA) is 89.1 Å². The lowest BCUT2D eigenvalue weighted by Crippen LogP contribution is -2.43. The molecule has 0 spiro atoms. The Kier molecular flexibility index (Phi) is 7.71. The second kappa shape index (κ2) is 10.8. The number of aromatic amines is 1. The van der Waals surface area contributed by atoms with Crippen LogP contribution in [0.3, 0.4) is 0 Å². The summed E-state index contributed by atoms with van der Waals surface area (Å²) in [6, 6.07) is 12.9. The maximum atomic E-state index is 12.5. The number of aromatic nitrogens is 3. The van der Waals surface area contributed by atoms with Crippen molar-refractivity contribution in [1.82, 2.24) is 20.5 Å². The van der Waals surface area contributed by atoms with E-state index in [1.54, 1.807) is 18.5 Å². The highest BCUT2D eigenvalue weighted by atomic mass is 35.5. The van der Waals surface area contributed by atoms with Gasteiger partial charge in [-0.25, -0.2) is 4.79 Å². The van der Waals surface area contributed by atoms with Crippen molar-refractivity contribution in [2.24, 2.45) is 0 Å². The lowest BCUT2D eigenvalue weighted by atomic mass is 10.0. The molecule has 0 aliphatic heterocycles. The van der Waals surface area contributed by atoms with Crippen LogP contribution in [0.25, 0.3) is 22.0 Å². The van der Waals surface area contributed by atoms with Crippen LogP contribution >= 0.6 is 23.2 Å². The van der Waals surface area contributed by atoms with Crippen molar-refractivity contribution >= 4 is 40.2 Å². The summed E-state index contributed by atoms with van der Waals surface area (Å²) in [4.78, 5) is 16.8. The number of nitrogens with zero attached hydrogens (tertiary/aromatic N) is 2. The first-order valence-corrected chi connectivity index (χ1v) is 12.3. The zero-order valence-corrected chi connectivity index (χ0v) is 22.1. The minimum absolute atomic E-state index is 0.189. The smallest absolute Gasteiger partial charge is 0.408 e. The van der Waals surface area contributed by atoms with Crippen LogP contribution in [0.1, 0.15) is 32.0 Å². The first kappa shape index (κ1) is 25.8. The lowest BCUT2D eigenvalue weighted by molar-refractivity contribution is 0.0487. The number of amides is 1. The number of nitrogens with one attached hydrogen (secondary N) is 2. The van der Waals surface area contributed by atoms with Crippen LogP contribution in [-0.4, -0.2) is 39.5 Å². The third-order valence-corrected chi connectivity index (χ3v) is 5.80. The van der Waals surface area contributed by atoms with Crippen LogP contribution < -0.4 is 10.1 Å². The molecule has 7 nitrogen and oxygen atoms in total. The second-order valence-electron chi connectivity index (χ2n) is 9.63. The van der Waals surface area contributed by atoms with E-state index in [1.807, 2.05) is 58.0 Å². The number of ether oxygens (including phenoxy) is 2. The fraction of sp³-hybridized carbons (Fsp3) is 0.296. The minimum atomic E-state index is -0.623.